The molecular weight excluding hydrogens is 237 g/mol. The number of carbonyl (C=O) groups is 1. The van der Waals surface area contributed by atoms with Crippen molar-refractivity contribution in [3.05, 3.63) is 0 Å². The highest BCUT2D eigenvalue weighted by atomic mass is 19.4. The first-order valence-electron chi connectivity index (χ1n) is 5.35. The lowest BCUT2D eigenvalue weighted by Gasteiger charge is -2.18. The van der Waals surface area contributed by atoms with Crippen LogP contribution in [0.5, 0.6) is 0 Å². The van der Waals surface area contributed by atoms with Crippen molar-refractivity contribution in [2.45, 2.75) is 26.1 Å². The van der Waals surface area contributed by atoms with E-state index in [0.29, 0.717) is 13.2 Å². The molecule has 0 radical (unpaired) electrons. The molecule has 1 amide bonds. The molecule has 0 aliphatic carbocycles. The van der Waals surface area contributed by atoms with E-state index >= 15 is 0 Å². The third-order valence-corrected chi connectivity index (χ3v) is 1.91. The Morgan fingerprint density at radius 2 is 2.00 bits per heavy atom. The lowest BCUT2D eigenvalue weighted by molar-refractivity contribution is -0.134. The summed E-state index contributed by atoms with van der Waals surface area (Å²) in [5, 5.41) is 2.05. The second kappa shape index (κ2) is 7.50. The Labute approximate surface area is 99.1 Å². The molecule has 7 heteroatoms. The smallest absolute Gasteiger partial charge is 0.377 e. The van der Waals surface area contributed by atoms with Gasteiger partial charge in [0.25, 0.3) is 0 Å². The highest BCUT2D eigenvalue weighted by molar-refractivity contribution is 5.77. The third kappa shape index (κ3) is 10.1. The van der Waals surface area contributed by atoms with Crippen molar-refractivity contribution in [3.63, 3.8) is 0 Å². The summed E-state index contributed by atoms with van der Waals surface area (Å²) in [5.74, 6) is -0.387. The first kappa shape index (κ1) is 16.2. The van der Waals surface area contributed by atoms with Crippen molar-refractivity contribution in [2.75, 3.05) is 33.3 Å². The molecule has 0 bridgehead atoms. The van der Waals surface area contributed by atoms with E-state index in [-0.39, 0.29) is 18.6 Å². The van der Waals surface area contributed by atoms with Gasteiger partial charge in [0.15, 0.2) is 0 Å². The Hall–Kier alpha value is -0.820. The Morgan fingerprint density at radius 3 is 2.47 bits per heavy atom. The van der Waals surface area contributed by atoms with Gasteiger partial charge in [0.05, 0.1) is 25.8 Å². The van der Waals surface area contributed by atoms with Crippen LogP contribution in [0.2, 0.25) is 0 Å². The molecule has 0 aliphatic heterocycles. The molecule has 0 atom stereocenters. The van der Waals surface area contributed by atoms with Gasteiger partial charge in [-0.25, -0.2) is 0 Å². The number of likely N-dealkylation sites (N-methyl/N-ethyl adjacent to an activating group) is 1. The molecule has 0 unspecified atom stereocenters. The Balaban J connectivity index is 3.68. The van der Waals surface area contributed by atoms with Crippen molar-refractivity contribution >= 4 is 5.91 Å². The molecular formula is C10H19F3N2O2. The number of ether oxygens (including phenoxy) is 1. The standard InChI is InChI=1S/C10H19F3N2O2/c1-8(2)17-5-4-15(3)9(16)6-14-7-10(11,12)13/h8,14H,4-7H2,1-3H3. The predicted molar refractivity (Wildman–Crippen MR) is 57.6 cm³/mol. The maximum Gasteiger partial charge on any atom is 0.401 e. The molecule has 0 saturated carbocycles. The number of nitrogens with one attached hydrogen (secondary N) is 1. The number of hydrogen-bond donors (Lipinski definition) is 1. The van der Waals surface area contributed by atoms with Crippen molar-refractivity contribution < 1.29 is 22.7 Å². The van der Waals surface area contributed by atoms with E-state index in [2.05, 4.69) is 0 Å². The van der Waals surface area contributed by atoms with Crippen LogP contribution in [0.4, 0.5) is 13.2 Å². The monoisotopic (exact) mass is 256 g/mol. The normalized spacial score (nSPS) is 11.9. The lowest BCUT2D eigenvalue weighted by atomic mass is 10.4. The van der Waals surface area contributed by atoms with Crippen LogP contribution < -0.4 is 5.32 Å². The Morgan fingerprint density at radius 1 is 1.41 bits per heavy atom. The molecule has 0 rings (SSSR count). The molecule has 0 aliphatic rings. The summed E-state index contributed by atoms with van der Waals surface area (Å²) in [5.41, 5.74) is 0. The van der Waals surface area contributed by atoms with Gasteiger partial charge in [-0.3, -0.25) is 4.79 Å². The van der Waals surface area contributed by atoms with Crippen LogP contribution in [0.1, 0.15) is 13.8 Å². The van der Waals surface area contributed by atoms with Crippen LogP contribution in [0.15, 0.2) is 0 Å². The van der Waals surface area contributed by atoms with Gasteiger partial charge in [-0.15, -0.1) is 0 Å². The van der Waals surface area contributed by atoms with E-state index in [1.165, 1.54) is 11.9 Å². The van der Waals surface area contributed by atoms with E-state index in [4.69, 9.17) is 4.74 Å². The van der Waals surface area contributed by atoms with Crippen LogP contribution >= 0.6 is 0 Å². The van der Waals surface area contributed by atoms with E-state index in [1.807, 2.05) is 19.2 Å². The van der Waals surface area contributed by atoms with Crippen molar-refractivity contribution in [3.8, 4) is 0 Å². The zero-order valence-electron chi connectivity index (χ0n) is 10.3. The maximum absolute atomic E-state index is 11.8. The fourth-order valence-electron chi connectivity index (χ4n) is 0.996. The average molecular weight is 256 g/mol. The van der Waals surface area contributed by atoms with Gasteiger partial charge in [-0.1, -0.05) is 0 Å². The molecule has 0 aromatic rings. The molecule has 0 spiro atoms. The van der Waals surface area contributed by atoms with Crippen LogP contribution in [0.25, 0.3) is 0 Å². The number of nitrogens with zero attached hydrogens (tertiary/aromatic N) is 1. The molecule has 1 N–H and O–H groups in total. The summed E-state index contributed by atoms with van der Waals surface area (Å²) in [4.78, 5) is 12.7. The summed E-state index contributed by atoms with van der Waals surface area (Å²) < 4.78 is 40.6. The van der Waals surface area contributed by atoms with Crippen molar-refractivity contribution in [2.24, 2.45) is 0 Å². The summed E-state index contributed by atoms with van der Waals surface area (Å²) in [7, 11) is 1.53. The average Bonchev–Trinajstić information content (AvgIpc) is 2.14. The van der Waals surface area contributed by atoms with E-state index in [9.17, 15) is 18.0 Å². The van der Waals surface area contributed by atoms with Crippen LogP contribution in [0, 0.1) is 0 Å². The number of hydrogen-bond acceptors (Lipinski definition) is 3. The molecule has 102 valence electrons. The molecule has 0 aromatic carbocycles. The number of halogens is 3. The third-order valence-electron chi connectivity index (χ3n) is 1.91. The molecule has 4 nitrogen and oxygen atoms in total. The number of amides is 1. The zero-order valence-corrected chi connectivity index (χ0v) is 10.3. The SMILES string of the molecule is CC(C)OCCN(C)C(=O)CNCC(F)(F)F. The van der Waals surface area contributed by atoms with E-state index in [1.54, 1.807) is 0 Å². The predicted octanol–water partition coefficient (Wildman–Crippen LogP) is 1.02. The second-order valence-electron chi connectivity index (χ2n) is 3.95. The summed E-state index contributed by atoms with van der Waals surface area (Å²) in [6, 6.07) is 0. The summed E-state index contributed by atoms with van der Waals surface area (Å²) >= 11 is 0. The van der Waals surface area contributed by atoms with Gasteiger partial charge >= 0.3 is 6.18 Å². The minimum absolute atomic E-state index is 0.0712. The number of alkyl halides is 3. The zero-order chi connectivity index (χ0) is 13.5. The van der Waals surface area contributed by atoms with Gasteiger partial charge in [0, 0.05) is 13.6 Å². The quantitative estimate of drug-likeness (QED) is 0.739. The summed E-state index contributed by atoms with van der Waals surface area (Å²) in [6.07, 6.45) is -4.22. The fraction of sp³-hybridized carbons (Fsp3) is 0.900. The van der Waals surface area contributed by atoms with Crippen LogP contribution in [-0.2, 0) is 9.53 Å². The van der Waals surface area contributed by atoms with Crippen LogP contribution in [0.3, 0.4) is 0 Å². The van der Waals surface area contributed by atoms with Gasteiger partial charge in [0.2, 0.25) is 5.91 Å². The molecule has 17 heavy (non-hydrogen) atoms. The molecule has 0 aromatic heterocycles. The molecule has 0 saturated heterocycles. The topological polar surface area (TPSA) is 41.6 Å². The second-order valence-corrected chi connectivity index (χ2v) is 3.95. The van der Waals surface area contributed by atoms with Gasteiger partial charge in [-0.05, 0) is 13.8 Å². The Kier molecular flexibility index (Phi) is 7.13. The summed E-state index contributed by atoms with van der Waals surface area (Å²) in [6.45, 7) is 3.00. The van der Waals surface area contributed by atoms with Gasteiger partial charge in [-0.2, -0.15) is 13.2 Å². The highest BCUT2D eigenvalue weighted by Crippen LogP contribution is 2.11. The van der Waals surface area contributed by atoms with Crippen molar-refractivity contribution in [1.82, 2.24) is 10.2 Å². The van der Waals surface area contributed by atoms with Crippen molar-refractivity contribution in [1.29, 1.82) is 0 Å². The highest BCUT2D eigenvalue weighted by Gasteiger charge is 2.26. The number of carbonyl (C=O) groups excluding carboxylic acids is 1. The Bertz CT molecular complexity index is 232. The molecule has 0 heterocycles. The first-order valence-corrected chi connectivity index (χ1v) is 5.35. The first-order chi connectivity index (χ1) is 7.72. The van der Waals surface area contributed by atoms with Gasteiger partial charge < -0.3 is 15.0 Å². The fourth-order valence-corrected chi connectivity index (χ4v) is 0.996. The minimum Gasteiger partial charge on any atom is -0.377 e. The largest absolute Gasteiger partial charge is 0.401 e. The van der Waals surface area contributed by atoms with Crippen LogP contribution in [-0.4, -0.2) is 56.4 Å². The lowest BCUT2D eigenvalue weighted by Crippen LogP contribution is -2.40. The van der Waals surface area contributed by atoms with E-state index in [0.717, 1.165) is 0 Å². The minimum atomic E-state index is -4.29. The van der Waals surface area contributed by atoms with E-state index < -0.39 is 12.7 Å². The maximum atomic E-state index is 11.8. The number of rotatable bonds is 7. The van der Waals surface area contributed by atoms with Gasteiger partial charge in [0.1, 0.15) is 0 Å². The molecule has 0 fully saturated rings.